The van der Waals surface area contributed by atoms with Crippen LogP contribution in [-0.2, 0) is 6.54 Å². The molecule has 0 aromatic heterocycles. The number of hydrogen-bond donors (Lipinski definition) is 1. The number of halogens is 1. The van der Waals surface area contributed by atoms with Crippen molar-refractivity contribution in [3.05, 3.63) is 28.8 Å². The van der Waals surface area contributed by atoms with Gasteiger partial charge in [0.25, 0.3) is 0 Å². The molecule has 0 spiro atoms. The van der Waals surface area contributed by atoms with Crippen LogP contribution >= 0.6 is 11.6 Å². The van der Waals surface area contributed by atoms with E-state index in [2.05, 4.69) is 50.9 Å². The van der Waals surface area contributed by atoms with E-state index in [4.69, 9.17) is 11.6 Å². The van der Waals surface area contributed by atoms with Gasteiger partial charge in [-0.2, -0.15) is 0 Å². The second kappa shape index (κ2) is 7.90. The maximum absolute atomic E-state index is 6.48. The number of hydrogen-bond acceptors (Lipinski definition) is 2. The molecule has 0 aliphatic rings. The number of anilines is 1. The summed E-state index contributed by atoms with van der Waals surface area (Å²) in [5.41, 5.74) is 2.60. The molecular formula is C17H29ClN2. The van der Waals surface area contributed by atoms with Crippen molar-refractivity contribution in [2.75, 3.05) is 18.0 Å². The number of para-hydroxylation sites is 1. The fourth-order valence-corrected chi connectivity index (χ4v) is 2.61. The third-order valence-corrected chi connectivity index (χ3v) is 3.49. The second-order valence-electron chi connectivity index (χ2n) is 6.34. The Morgan fingerprint density at radius 2 is 1.70 bits per heavy atom. The highest BCUT2D eigenvalue weighted by Crippen LogP contribution is 2.30. The van der Waals surface area contributed by atoms with Gasteiger partial charge in [0.2, 0.25) is 0 Å². The van der Waals surface area contributed by atoms with E-state index in [1.165, 1.54) is 11.3 Å². The molecule has 0 aliphatic carbocycles. The third-order valence-electron chi connectivity index (χ3n) is 3.18. The van der Waals surface area contributed by atoms with Gasteiger partial charge in [0, 0.05) is 25.2 Å². The van der Waals surface area contributed by atoms with Crippen LogP contribution in [0.5, 0.6) is 0 Å². The first-order valence-corrected chi connectivity index (χ1v) is 8.04. The number of nitrogens with one attached hydrogen (secondary N) is 1. The summed E-state index contributed by atoms with van der Waals surface area (Å²) >= 11 is 6.48. The van der Waals surface area contributed by atoms with Gasteiger partial charge in [-0.15, -0.1) is 0 Å². The van der Waals surface area contributed by atoms with Gasteiger partial charge < -0.3 is 10.2 Å². The van der Waals surface area contributed by atoms with Gasteiger partial charge in [0.1, 0.15) is 0 Å². The van der Waals surface area contributed by atoms with Crippen molar-refractivity contribution >= 4 is 17.3 Å². The Morgan fingerprint density at radius 3 is 2.20 bits per heavy atom. The first-order valence-electron chi connectivity index (χ1n) is 7.66. The highest BCUT2D eigenvalue weighted by molar-refractivity contribution is 6.33. The zero-order chi connectivity index (χ0) is 15.2. The van der Waals surface area contributed by atoms with Crippen LogP contribution in [0.25, 0.3) is 0 Å². The maximum Gasteiger partial charge on any atom is 0.0642 e. The van der Waals surface area contributed by atoms with Crippen LogP contribution in [0.2, 0.25) is 5.02 Å². The Hall–Kier alpha value is -0.730. The Kier molecular flexibility index (Phi) is 6.84. The summed E-state index contributed by atoms with van der Waals surface area (Å²) < 4.78 is 0. The van der Waals surface area contributed by atoms with Crippen molar-refractivity contribution in [3.63, 3.8) is 0 Å². The Bertz CT molecular complexity index is 404. The topological polar surface area (TPSA) is 15.3 Å². The van der Waals surface area contributed by atoms with Gasteiger partial charge >= 0.3 is 0 Å². The fraction of sp³-hybridized carbons (Fsp3) is 0.647. The lowest BCUT2D eigenvalue weighted by molar-refractivity contribution is 0.424. The molecule has 20 heavy (non-hydrogen) atoms. The smallest absolute Gasteiger partial charge is 0.0642 e. The normalized spacial score (nSPS) is 11.7. The van der Waals surface area contributed by atoms with E-state index >= 15 is 0 Å². The van der Waals surface area contributed by atoms with Crippen LogP contribution in [-0.4, -0.2) is 18.6 Å². The van der Waals surface area contributed by atoms with E-state index in [0.29, 0.717) is 0 Å². The SMILES string of the molecule is CCCN(CCC)c1c(Cl)cccc1CNC(C)(C)C. The molecule has 3 heteroatoms. The zero-order valence-corrected chi connectivity index (χ0v) is 14.3. The molecule has 1 aromatic carbocycles. The molecule has 0 fully saturated rings. The number of nitrogens with zero attached hydrogens (tertiary/aromatic N) is 1. The standard InChI is InChI=1S/C17H29ClN2/c1-6-11-20(12-7-2)16-14(9-8-10-15(16)18)13-19-17(3,4)5/h8-10,19H,6-7,11-13H2,1-5H3. The summed E-state index contributed by atoms with van der Waals surface area (Å²) in [6.45, 7) is 14.0. The molecular weight excluding hydrogens is 268 g/mol. The molecule has 0 radical (unpaired) electrons. The molecule has 0 heterocycles. The van der Waals surface area contributed by atoms with Crippen LogP contribution < -0.4 is 10.2 Å². The summed E-state index contributed by atoms with van der Waals surface area (Å²) in [7, 11) is 0. The molecule has 1 aromatic rings. The van der Waals surface area contributed by atoms with Crippen molar-refractivity contribution in [3.8, 4) is 0 Å². The third kappa shape index (κ3) is 5.34. The van der Waals surface area contributed by atoms with E-state index in [-0.39, 0.29) is 5.54 Å². The minimum absolute atomic E-state index is 0.111. The van der Waals surface area contributed by atoms with Gasteiger partial charge in [-0.1, -0.05) is 37.6 Å². The monoisotopic (exact) mass is 296 g/mol. The lowest BCUT2D eigenvalue weighted by Crippen LogP contribution is -2.36. The van der Waals surface area contributed by atoms with E-state index in [9.17, 15) is 0 Å². The highest BCUT2D eigenvalue weighted by Gasteiger charge is 2.16. The van der Waals surface area contributed by atoms with Crippen LogP contribution in [0.15, 0.2) is 18.2 Å². The fourth-order valence-electron chi connectivity index (χ4n) is 2.29. The first-order chi connectivity index (χ1) is 9.39. The summed E-state index contributed by atoms with van der Waals surface area (Å²) in [6, 6.07) is 6.22. The van der Waals surface area contributed by atoms with Crippen LogP contribution in [0.3, 0.4) is 0 Å². The lowest BCUT2D eigenvalue weighted by Gasteiger charge is -2.29. The van der Waals surface area contributed by atoms with Gasteiger partial charge in [0.05, 0.1) is 10.7 Å². The van der Waals surface area contributed by atoms with Crippen molar-refractivity contribution in [2.24, 2.45) is 0 Å². The molecule has 0 saturated heterocycles. The predicted molar refractivity (Wildman–Crippen MR) is 90.8 cm³/mol. The van der Waals surface area contributed by atoms with E-state index in [1.807, 2.05) is 12.1 Å². The van der Waals surface area contributed by atoms with Crippen LogP contribution in [0.4, 0.5) is 5.69 Å². The van der Waals surface area contributed by atoms with Crippen molar-refractivity contribution in [1.29, 1.82) is 0 Å². The maximum atomic E-state index is 6.48. The number of benzene rings is 1. The zero-order valence-electron chi connectivity index (χ0n) is 13.6. The Balaban J connectivity index is 3.02. The second-order valence-corrected chi connectivity index (χ2v) is 6.75. The van der Waals surface area contributed by atoms with Gasteiger partial charge in [-0.05, 0) is 45.2 Å². The minimum Gasteiger partial charge on any atom is -0.370 e. The molecule has 0 saturated carbocycles. The molecule has 0 bridgehead atoms. The van der Waals surface area contributed by atoms with Crippen LogP contribution in [0, 0.1) is 0 Å². The van der Waals surface area contributed by atoms with Gasteiger partial charge in [-0.25, -0.2) is 0 Å². The largest absolute Gasteiger partial charge is 0.370 e. The van der Waals surface area contributed by atoms with Crippen molar-refractivity contribution in [2.45, 2.75) is 59.5 Å². The predicted octanol–water partition coefficient (Wildman–Crippen LogP) is 4.85. The average Bonchev–Trinajstić information content (AvgIpc) is 2.35. The molecule has 0 aliphatic heterocycles. The number of rotatable bonds is 7. The highest BCUT2D eigenvalue weighted by atomic mass is 35.5. The molecule has 0 amide bonds. The van der Waals surface area contributed by atoms with E-state index in [0.717, 1.165) is 37.5 Å². The van der Waals surface area contributed by atoms with Gasteiger partial charge in [0.15, 0.2) is 0 Å². The molecule has 0 unspecified atom stereocenters. The Labute approximate surface area is 129 Å². The summed E-state index contributed by atoms with van der Waals surface area (Å²) in [5, 5.41) is 4.42. The lowest BCUT2D eigenvalue weighted by atomic mass is 10.1. The van der Waals surface area contributed by atoms with Gasteiger partial charge in [-0.3, -0.25) is 0 Å². The molecule has 1 N–H and O–H groups in total. The quantitative estimate of drug-likeness (QED) is 0.773. The summed E-state index contributed by atoms with van der Waals surface area (Å²) in [4.78, 5) is 2.42. The molecule has 0 atom stereocenters. The average molecular weight is 297 g/mol. The molecule has 114 valence electrons. The van der Waals surface area contributed by atoms with Crippen molar-refractivity contribution < 1.29 is 0 Å². The first kappa shape index (κ1) is 17.3. The summed E-state index contributed by atoms with van der Waals surface area (Å²) in [5.74, 6) is 0. The summed E-state index contributed by atoms with van der Waals surface area (Å²) in [6.07, 6.45) is 2.27. The minimum atomic E-state index is 0.111. The van der Waals surface area contributed by atoms with E-state index < -0.39 is 0 Å². The Morgan fingerprint density at radius 1 is 1.10 bits per heavy atom. The molecule has 2 nitrogen and oxygen atoms in total. The molecule has 1 rings (SSSR count). The van der Waals surface area contributed by atoms with Crippen molar-refractivity contribution in [1.82, 2.24) is 5.32 Å². The van der Waals surface area contributed by atoms with E-state index in [1.54, 1.807) is 0 Å². The van der Waals surface area contributed by atoms with Crippen LogP contribution in [0.1, 0.15) is 53.0 Å².